The van der Waals surface area contributed by atoms with Crippen LogP contribution in [-0.2, 0) is 10.0 Å². The molecule has 0 aromatic carbocycles. The molecule has 0 aliphatic carbocycles. The fourth-order valence-corrected chi connectivity index (χ4v) is 2.15. The normalized spacial score (nSPS) is 11.1. The highest BCUT2D eigenvalue weighted by Crippen LogP contribution is 2.17. The summed E-state index contributed by atoms with van der Waals surface area (Å²) in [6.45, 7) is 0. The van der Waals surface area contributed by atoms with Gasteiger partial charge in [-0.3, -0.25) is 9.82 Å². The zero-order valence-corrected chi connectivity index (χ0v) is 9.73. The predicted octanol–water partition coefficient (Wildman–Crippen LogP) is 0.614. The third kappa shape index (κ3) is 2.53. The minimum absolute atomic E-state index is 0.00622. The molecule has 0 atom stereocenters. The van der Waals surface area contributed by atoms with E-state index in [1.54, 1.807) is 0 Å². The van der Waals surface area contributed by atoms with E-state index in [0.29, 0.717) is 11.6 Å². The molecule has 2 aromatic heterocycles. The van der Waals surface area contributed by atoms with E-state index < -0.39 is 10.0 Å². The number of rotatable bonds is 4. The quantitative estimate of drug-likeness (QED) is 0.833. The summed E-state index contributed by atoms with van der Waals surface area (Å²) in [5.74, 6) is 0.329. The second kappa shape index (κ2) is 4.42. The number of aromatic nitrogens is 3. The fourth-order valence-electron chi connectivity index (χ4n) is 1.19. The first-order chi connectivity index (χ1) is 8.12. The van der Waals surface area contributed by atoms with Gasteiger partial charge in [-0.1, -0.05) is 0 Å². The number of hydrogen-bond acceptors (Lipinski definition) is 5. The molecule has 0 aliphatic rings. The fraction of sp³-hybridized carbons (Fsp3) is 0.111. The Labute approximate surface area is 97.9 Å². The van der Waals surface area contributed by atoms with Gasteiger partial charge >= 0.3 is 0 Å². The minimum atomic E-state index is -3.65. The maximum atomic E-state index is 11.8. The Morgan fingerprint density at radius 3 is 2.82 bits per heavy atom. The Morgan fingerprint density at radius 2 is 2.18 bits per heavy atom. The lowest BCUT2D eigenvalue weighted by Crippen LogP contribution is -2.13. The van der Waals surface area contributed by atoms with Gasteiger partial charge in [0, 0.05) is 12.3 Å². The first-order valence-electron chi connectivity index (χ1n) is 4.64. The van der Waals surface area contributed by atoms with Crippen LogP contribution in [0.3, 0.4) is 0 Å². The molecular formula is C9H10N4O3S. The molecule has 0 saturated carbocycles. The third-order valence-corrected chi connectivity index (χ3v) is 3.27. The second-order valence-corrected chi connectivity index (χ2v) is 4.76. The molecule has 0 aliphatic heterocycles. The molecule has 90 valence electrons. The van der Waals surface area contributed by atoms with Crippen molar-refractivity contribution in [3.63, 3.8) is 0 Å². The van der Waals surface area contributed by atoms with E-state index in [-0.39, 0.29) is 5.03 Å². The van der Waals surface area contributed by atoms with Crippen LogP contribution >= 0.6 is 0 Å². The third-order valence-electron chi connectivity index (χ3n) is 1.96. The molecule has 8 heteroatoms. The molecule has 0 bridgehead atoms. The van der Waals surface area contributed by atoms with E-state index in [2.05, 4.69) is 19.9 Å². The summed E-state index contributed by atoms with van der Waals surface area (Å²) in [7, 11) is -2.19. The van der Waals surface area contributed by atoms with Crippen LogP contribution in [0.4, 0.5) is 5.69 Å². The standard InChI is InChI=1S/C9H10N4O3S/c1-16-8-6-7(2-4-10-8)13-17(14,15)9-3-5-11-12-9/h2-6H,1H3,(H,10,13)(H,11,12). The topological polar surface area (TPSA) is 97.0 Å². The Balaban J connectivity index is 2.26. The summed E-state index contributed by atoms with van der Waals surface area (Å²) in [6, 6.07) is 4.37. The highest BCUT2D eigenvalue weighted by atomic mass is 32.2. The van der Waals surface area contributed by atoms with Gasteiger partial charge in [0.25, 0.3) is 10.0 Å². The summed E-state index contributed by atoms with van der Waals surface area (Å²) in [5, 5.41) is 5.96. The Bertz CT molecular complexity index is 594. The van der Waals surface area contributed by atoms with Crippen molar-refractivity contribution in [2.24, 2.45) is 0 Å². The number of hydrogen-bond donors (Lipinski definition) is 2. The minimum Gasteiger partial charge on any atom is -0.481 e. The van der Waals surface area contributed by atoms with Crippen molar-refractivity contribution < 1.29 is 13.2 Å². The molecule has 2 heterocycles. The summed E-state index contributed by atoms with van der Waals surface area (Å²) in [4.78, 5) is 3.87. The van der Waals surface area contributed by atoms with Crippen LogP contribution in [0.15, 0.2) is 35.6 Å². The molecule has 0 fully saturated rings. The van der Waals surface area contributed by atoms with Crippen molar-refractivity contribution in [1.82, 2.24) is 15.2 Å². The zero-order chi connectivity index (χ0) is 12.3. The van der Waals surface area contributed by atoms with Gasteiger partial charge in [0.2, 0.25) is 5.88 Å². The van der Waals surface area contributed by atoms with Crippen molar-refractivity contribution in [2.45, 2.75) is 5.03 Å². The second-order valence-electron chi connectivity index (χ2n) is 3.11. The van der Waals surface area contributed by atoms with E-state index in [1.165, 1.54) is 37.7 Å². The van der Waals surface area contributed by atoms with E-state index >= 15 is 0 Å². The van der Waals surface area contributed by atoms with Crippen molar-refractivity contribution >= 4 is 15.7 Å². The van der Waals surface area contributed by atoms with Gasteiger partial charge in [-0.15, -0.1) is 0 Å². The van der Waals surface area contributed by atoms with Crippen LogP contribution in [0.25, 0.3) is 0 Å². The first kappa shape index (κ1) is 11.4. The molecule has 0 unspecified atom stereocenters. The number of ether oxygens (including phenoxy) is 1. The summed E-state index contributed by atoms with van der Waals surface area (Å²) in [6.07, 6.45) is 2.81. The van der Waals surface area contributed by atoms with Crippen LogP contribution in [0.5, 0.6) is 5.88 Å². The molecule has 2 rings (SSSR count). The van der Waals surface area contributed by atoms with E-state index in [9.17, 15) is 8.42 Å². The lowest BCUT2D eigenvalue weighted by Gasteiger charge is -2.06. The lowest BCUT2D eigenvalue weighted by molar-refractivity contribution is 0.398. The maximum absolute atomic E-state index is 11.8. The molecular weight excluding hydrogens is 244 g/mol. The predicted molar refractivity (Wildman–Crippen MR) is 60.2 cm³/mol. The van der Waals surface area contributed by atoms with Gasteiger partial charge in [0.1, 0.15) is 0 Å². The average molecular weight is 254 g/mol. The SMILES string of the molecule is COc1cc(NS(=O)(=O)c2ccn[nH]2)ccn1. The Kier molecular flexibility index (Phi) is 2.96. The molecule has 0 saturated heterocycles. The van der Waals surface area contributed by atoms with Gasteiger partial charge in [-0.2, -0.15) is 13.5 Å². The molecule has 2 aromatic rings. The largest absolute Gasteiger partial charge is 0.481 e. The highest BCUT2D eigenvalue weighted by molar-refractivity contribution is 7.92. The molecule has 17 heavy (non-hydrogen) atoms. The van der Waals surface area contributed by atoms with Crippen LogP contribution in [-0.4, -0.2) is 30.7 Å². The number of nitrogens with zero attached hydrogens (tertiary/aromatic N) is 2. The maximum Gasteiger partial charge on any atom is 0.278 e. The highest BCUT2D eigenvalue weighted by Gasteiger charge is 2.15. The number of aromatic amines is 1. The molecule has 2 N–H and O–H groups in total. The van der Waals surface area contributed by atoms with Crippen LogP contribution < -0.4 is 9.46 Å². The number of anilines is 1. The summed E-state index contributed by atoms with van der Waals surface area (Å²) < 4.78 is 30.9. The number of pyridine rings is 1. The van der Waals surface area contributed by atoms with Gasteiger partial charge in [-0.25, -0.2) is 4.98 Å². The van der Waals surface area contributed by atoms with Crippen LogP contribution in [0.1, 0.15) is 0 Å². The lowest BCUT2D eigenvalue weighted by atomic mass is 10.4. The smallest absolute Gasteiger partial charge is 0.278 e. The zero-order valence-electron chi connectivity index (χ0n) is 8.91. The van der Waals surface area contributed by atoms with Crippen LogP contribution in [0, 0.1) is 0 Å². The Hall–Kier alpha value is -2.09. The van der Waals surface area contributed by atoms with Crippen molar-refractivity contribution in [2.75, 3.05) is 11.8 Å². The van der Waals surface area contributed by atoms with E-state index in [1.807, 2.05) is 0 Å². The van der Waals surface area contributed by atoms with Gasteiger partial charge < -0.3 is 4.74 Å². The number of nitrogens with one attached hydrogen (secondary N) is 2. The van der Waals surface area contributed by atoms with E-state index in [0.717, 1.165) is 0 Å². The number of H-pyrrole nitrogens is 1. The summed E-state index contributed by atoms with van der Waals surface area (Å²) in [5.41, 5.74) is 0.367. The molecule has 0 radical (unpaired) electrons. The number of sulfonamides is 1. The molecule has 0 amide bonds. The Morgan fingerprint density at radius 1 is 1.35 bits per heavy atom. The van der Waals surface area contributed by atoms with Gasteiger partial charge in [0.05, 0.1) is 19.0 Å². The van der Waals surface area contributed by atoms with Gasteiger partial charge in [0.15, 0.2) is 5.03 Å². The first-order valence-corrected chi connectivity index (χ1v) is 6.12. The van der Waals surface area contributed by atoms with Crippen LogP contribution in [0.2, 0.25) is 0 Å². The summed E-state index contributed by atoms with van der Waals surface area (Å²) >= 11 is 0. The van der Waals surface area contributed by atoms with E-state index in [4.69, 9.17) is 4.74 Å². The molecule has 0 spiro atoms. The van der Waals surface area contributed by atoms with Crippen molar-refractivity contribution in [3.05, 3.63) is 30.6 Å². The average Bonchev–Trinajstić information content (AvgIpc) is 2.83. The van der Waals surface area contributed by atoms with Gasteiger partial charge in [-0.05, 0) is 12.1 Å². The van der Waals surface area contributed by atoms with Crippen molar-refractivity contribution in [3.8, 4) is 5.88 Å². The molecule has 7 nitrogen and oxygen atoms in total. The monoisotopic (exact) mass is 254 g/mol. The van der Waals surface area contributed by atoms with Crippen molar-refractivity contribution in [1.29, 1.82) is 0 Å². The number of methoxy groups -OCH3 is 1.